The fraction of sp³-hybridized carbons (Fsp3) is 0.929. The van der Waals surface area contributed by atoms with Gasteiger partial charge in [-0.25, -0.2) is 0 Å². The third-order valence-electron chi connectivity index (χ3n) is 4.29. The summed E-state index contributed by atoms with van der Waals surface area (Å²) in [6, 6.07) is -0.0931. The molecule has 5 nitrogen and oxygen atoms in total. The number of aliphatic hydroxyl groups excluding tert-OH is 1. The average molecular weight is 271 g/mol. The fourth-order valence-corrected chi connectivity index (χ4v) is 3.30. The van der Waals surface area contributed by atoms with Crippen LogP contribution in [-0.2, 0) is 9.53 Å². The normalized spacial score (nSPS) is 27.5. The van der Waals surface area contributed by atoms with Crippen LogP contribution in [0.5, 0.6) is 0 Å². The maximum atomic E-state index is 10.8. The van der Waals surface area contributed by atoms with Crippen LogP contribution in [0.3, 0.4) is 0 Å². The molecule has 0 aromatic heterocycles. The van der Waals surface area contributed by atoms with Crippen LogP contribution in [0.4, 0.5) is 0 Å². The zero-order valence-corrected chi connectivity index (χ0v) is 11.5. The van der Waals surface area contributed by atoms with Crippen molar-refractivity contribution in [1.82, 2.24) is 4.90 Å². The van der Waals surface area contributed by atoms with E-state index >= 15 is 0 Å². The minimum absolute atomic E-state index is 0.0931. The average Bonchev–Trinajstić information content (AvgIpc) is 2.83. The van der Waals surface area contributed by atoms with E-state index < -0.39 is 5.97 Å². The van der Waals surface area contributed by atoms with Gasteiger partial charge in [0.25, 0.3) is 0 Å². The van der Waals surface area contributed by atoms with E-state index in [1.165, 1.54) is 25.7 Å². The van der Waals surface area contributed by atoms with Gasteiger partial charge in [0.15, 0.2) is 0 Å². The molecule has 1 saturated heterocycles. The van der Waals surface area contributed by atoms with Crippen LogP contribution in [0.25, 0.3) is 0 Å². The molecule has 0 bridgehead atoms. The third-order valence-corrected chi connectivity index (χ3v) is 4.29. The van der Waals surface area contributed by atoms with E-state index in [4.69, 9.17) is 9.84 Å². The van der Waals surface area contributed by atoms with Crippen molar-refractivity contribution in [2.45, 2.75) is 50.7 Å². The number of aliphatic carboxylic acids is 1. The smallest absolute Gasteiger partial charge is 0.305 e. The summed E-state index contributed by atoms with van der Waals surface area (Å²) in [5.74, 6) is -0.139. The maximum Gasteiger partial charge on any atom is 0.305 e. The van der Waals surface area contributed by atoms with Gasteiger partial charge in [0.05, 0.1) is 25.7 Å². The van der Waals surface area contributed by atoms with Crippen LogP contribution in [0.1, 0.15) is 38.5 Å². The van der Waals surface area contributed by atoms with Crippen molar-refractivity contribution >= 4 is 5.97 Å². The van der Waals surface area contributed by atoms with Gasteiger partial charge in [0, 0.05) is 19.1 Å². The predicted molar refractivity (Wildman–Crippen MR) is 71.0 cm³/mol. The number of nitrogens with zero attached hydrogens (tertiary/aromatic N) is 1. The monoisotopic (exact) mass is 271 g/mol. The van der Waals surface area contributed by atoms with E-state index in [-0.39, 0.29) is 18.6 Å². The van der Waals surface area contributed by atoms with E-state index in [1.807, 2.05) is 0 Å². The lowest BCUT2D eigenvalue weighted by atomic mass is 9.99. The lowest BCUT2D eigenvalue weighted by Gasteiger charge is -2.36. The molecule has 19 heavy (non-hydrogen) atoms. The first-order chi connectivity index (χ1) is 9.15. The Hall–Kier alpha value is -0.650. The van der Waals surface area contributed by atoms with Crippen molar-refractivity contribution in [1.29, 1.82) is 0 Å². The molecule has 1 heterocycles. The molecule has 0 aromatic carbocycles. The second-order valence-corrected chi connectivity index (χ2v) is 5.86. The predicted octanol–water partition coefficient (Wildman–Crippen LogP) is 1.10. The Bertz CT molecular complexity index is 291. The third kappa shape index (κ3) is 4.75. The Morgan fingerprint density at radius 3 is 2.79 bits per heavy atom. The van der Waals surface area contributed by atoms with E-state index in [0.29, 0.717) is 25.7 Å². The van der Waals surface area contributed by atoms with Gasteiger partial charge in [0.2, 0.25) is 0 Å². The van der Waals surface area contributed by atoms with Gasteiger partial charge in [-0.3, -0.25) is 9.69 Å². The van der Waals surface area contributed by atoms with Crippen LogP contribution in [0.2, 0.25) is 0 Å². The van der Waals surface area contributed by atoms with Crippen molar-refractivity contribution in [2.24, 2.45) is 5.92 Å². The SMILES string of the molecule is O=C(O)CC1COCCN1CC(O)CC1CCCC1. The summed E-state index contributed by atoms with van der Waals surface area (Å²) in [6.45, 7) is 2.40. The summed E-state index contributed by atoms with van der Waals surface area (Å²) in [4.78, 5) is 12.9. The van der Waals surface area contributed by atoms with Gasteiger partial charge in [0.1, 0.15) is 0 Å². The van der Waals surface area contributed by atoms with Crippen LogP contribution < -0.4 is 0 Å². The van der Waals surface area contributed by atoms with Gasteiger partial charge >= 0.3 is 5.97 Å². The summed E-state index contributed by atoms with van der Waals surface area (Å²) < 4.78 is 5.34. The topological polar surface area (TPSA) is 70.0 Å². The van der Waals surface area contributed by atoms with Crippen molar-refractivity contribution in [3.63, 3.8) is 0 Å². The first-order valence-electron chi connectivity index (χ1n) is 7.37. The van der Waals surface area contributed by atoms with E-state index in [2.05, 4.69) is 4.90 Å². The molecule has 0 amide bonds. The quantitative estimate of drug-likeness (QED) is 0.757. The van der Waals surface area contributed by atoms with Crippen molar-refractivity contribution in [3.05, 3.63) is 0 Å². The molecule has 2 rings (SSSR count). The van der Waals surface area contributed by atoms with Gasteiger partial charge in [-0.05, 0) is 12.3 Å². The second-order valence-electron chi connectivity index (χ2n) is 5.86. The highest BCUT2D eigenvalue weighted by Gasteiger charge is 2.28. The maximum absolute atomic E-state index is 10.8. The molecular formula is C14H25NO4. The molecule has 5 heteroatoms. The number of morpholine rings is 1. The first kappa shape index (κ1) is 14.8. The number of ether oxygens (including phenoxy) is 1. The molecule has 1 saturated carbocycles. The number of hydrogen-bond donors (Lipinski definition) is 2. The van der Waals surface area contributed by atoms with Crippen molar-refractivity contribution in [3.8, 4) is 0 Å². The summed E-state index contributed by atoms with van der Waals surface area (Å²) in [5, 5.41) is 19.1. The van der Waals surface area contributed by atoms with Crippen LogP contribution in [0, 0.1) is 5.92 Å². The van der Waals surface area contributed by atoms with Crippen LogP contribution in [-0.4, -0.2) is 59.5 Å². The van der Waals surface area contributed by atoms with Crippen molar-refractivity contribution < 1.29 is 19.7 Å². The Morgan fingerprint density at radius 2 is 2.11 bits per heavy atom. The molecule has 1 aliphatic heterocycles. The van der Waals surface area contributed by atoms with Crippen molar-refractivity contribution in [2.75, 3.05) is 26.3 Å². The highest BCUT2D eigenvalue weighted by atomic mass is 16.5. The molecule has 0 spiro atoms. The lowest BCUT2D eigenvalue weighted by molar-refractivity contribution is -0.140. The Labute approximate surface area is 114 Å². The summed E-state index contributed by atoms with van der Waals surface area (Å²) in [6.07, 6.45) is 5.66. The second kappa shape index (κ2) is 7.22. The summed E-state index contributed by atoms with van der Waals surface area (Å²) in [7, 11) is 0. The standard InChI is InChI=1S/C14H25NO4/c16-13(7-11-3-1-2-4-11)9-15-5-6-19-10-12(15)8-14(17)18/h11-13,16H,1-10H2,(H,17,18). The highest BCUT2D eigenvalue weighted by molar-refractivity contribution is 5.67. The largest absolute Gasteiger partial charge is 0.481 e. The van der Waals surface area contributed by atoms with Gasteiger partial charge in [-0.1, -0.05) is 25.7 Å². The van der Waals surface area contributed by atoms with E-state index in [1.54, 1.807) is 0 Å². The first-order valence-corrected chi connectivity index (χ1v) is 7.37. The van der Waals surface area contributed by atoms with E-state index in [0.717, 1.165) is 13.0 Å². The molecule has 2 fully saturated rings. The number of carbonyl (C=O) groups is 1. The number of aliphatic hydroxyl groups is 1. The molecule has 2 aliphatic rings. The molecule has 0 radical (unpaired) electrons. The minimum atomic E-state index is -0.800. The Balaban J connectivity index is 1.78. The molecule has 2 unspecified atom stereocenters. The zero-order chi connectivity index (χ0) is 13.7. The molecule has 2 atom stereocenters. The molecule has 1 aliphatic carbocycles. The van der Waals surface area contributed by atoms with Gasteiger partial charge in [-0.2, -0.15) is 0 Å². The molecular weight excluding hydrogens is 246 g/mol. The van der Waals surface area contributed by atoms with Crippen LogP contribution in [0.15, 0.2) is 0 Å². The summed E-state index contributed by atoms with van der Waals surface area (Å²) in [5.41, 5.74) is 0. The summed E-state index contributed by atoms with van der Waals surface area (Å²) >= 11 is 0. The number of hydrogen-bond acceptors (Lipinski definition) is 4. The number of carboxylic acid groups (broad SMARTS) is 1. The van der Waals surface area contributed by atoms with E-state index in [9.17, 15) is 9.90 Å². The number of rotatable bonds is 6. The highest BCUT2D eigenvalue weighted by Crippen LogP contribution is 2.29. The minimum Gasteiger partial charge on any atom is -0.481 e. The molecule has 0 aromatic rings. The zero-order valence-electron chi connectivity index (χ0n) is 11.5. The lowest BCUT2D eigenvalue weighted by Crippen LogP contribution is -2.49. The number of β-amino-alcohol motifs (C(OH)–C–C–N with tert-alkyl or cyclic N) is 1. The molecule has 110 valence electrons. The fourth-order valence-electron chi connectivity index (χ4n) is 3.30. The van der Waals surface area contributed by atoms with Gasteiger partial charge in [-0.15, -0.1) is 0 Å². The molecule has 2 N–H and O–H groups in total. The Kier molecular flexibility index (Phi) is 5.60. The van der Waals surface area contributed by atoms with Gasteiger partial charge < -0.3 is 14.9 Å². The number of carboxylic acids is 1. The Morgan fingerprint density at radius 1 is 1.37 bits per heavy atom. The van der Waals surface area contributed by atoms with Crippen LogP contribution >= 0.6 is 0 Å².